The molecular formula is C13H14OS2. The van der Waals surface area contributed by atoms with E-state index in [1.54, 1.807) is 23.1 Å². The van der Waals surface area contributed by atoms with Crippen LogP contribution >= 0.6 is 23.1 Å². The molecule has 0 radical (unpaired) electrons. The van der Waals surface area contributed by atoms with Crippen LogP contribution in [-0.4, -0.2) is 5.11 Å². The molecule has 1 aromatic carbocycles. The van der Waals surface area contributed by atoms with Crippen LogP contribution in [0.3, 0.4) is 0 Å². The molecule has 0 spiro atoms. The van der Waals surface area contributed by atoms with E-state index in [0.717, 1.165) is 16.9 Å². The Kier molecular flexibility index (Phi) is 4.04. The molecule has 2 aromatic rings. The van der Waals surface area contributed by atoms with Crippen LogP contribution in [0.1, 0.15) is 25.0 Å². The minimum absolute atomic E-state index is 0.358. The summed E-state index contributed by atoms with van der Waals surface area (Å²) in [6, 6.07) is 12.2. The summed E-state index contributed by atoms with van der Waals surface area (Å²) in [5.41, 5.74) is 1.03. The second-order valence-corrected chi connectivity index (χ2v) is 5.79. The Balaban J connectivity index is 2.26. The summed E-state index contributed by atoms with van der Waals surface area (Å²) < 4.78 is 1.26. The average molecular weight is 250 g/mol. The lowest BCUT2D eigenvalue weighted by atomic mass is 10.1. The Bertz CT molecular complexity index is 437. The Morgan fingerprint density at radius 1 is 1.25 bits per heavy atom. The number of aliphatic hydroxyl groups excluding tert-OH is 1. The van der Waals surface area contributed by atoms with Crippen LogP contribution in [0, 0.1) is 0 Å². The molecule has 2 rings (SSSR count). The van der Waals surface area contributed by atoms with E-state index < -0.39 is 0 Å². The topological polar surface area (TPSA) is 20.2 Å². The lowest BCUT2D eigenvalue weighted by molar-refractivity contribution is 0.171. The van der Waals surface area contributed by atoms with E-state index in [-0.39, 0.29) is 6.10 Å². The fraction of sp³-hybridized carbons (Fsp3) is 0.231. The SMILES string of the molecule is CCC(O)c1ccccc1Sc1cccs1. The Morgan fingerprint density at radius 2 is 2.06 bits per heavy atom. The summed E-state index contributed by atoms with van der Waals surface area (Å²) in [4.78, 5) is 1.15. The van der Waals surface area contributed by atoms with E-state index in [0.29, 0.717) is 0 Å². The van der Waals surface area contributed by atoms with Crippen molar-refractivity contribution in [2.45, 2.75) is 28.6 Å². The minimum atomic E-state index is -0.358. The molecule has 3 heteroatoms. The van der Waals surface area contributed by atoms with Crippen molar-refractivity contribution < 1.29 is 5.11 Å². The number of hydrogen-bond donors (Lipinski definition) is 1. The standard InChI is InChI=1S/C13H14OS2/c1-2-11(14)10-6-3-4-7-12(10)16-13-8-5-9-15-13/h3-9,11,14H,2H2,1H3. The largest absolute Gasteiger partial charge is 0.388 e. The Hall–Kier alpha value is -0.770. The smallest absolute Gasteiger partial charge is 0.0798 e. The zero-order valence-corrected chi connectivity index (χ0v) is 10.7. The van der Waals surface area contributed by atoms with Crippen LogP contribution in [0.4, 0.5) is 0 Å². The third kappa shape index (κ3) is 2.67. The van der Waals surface area contributed by atoms with Crippen LogP contribution in [0.5, 0.6) is 0 Å². The quantitative estimate of drug-likeness (QED) is 0.871. The van der Waals surface area contributed by atoms with E-state index in [9.17, 15) is 5.11 Å². The number of hydrogen-bond acceptors (Lipinski definition) is 3. The van der Waals surface area contributed by atoms with Crippen molar-refractivity contribution in [3.05, 3.63) is 47.3 Å². The molecule has 16 heavy (non-hydrogen) atoms. The van der Waals surface area contributed by atoms with Crippen molar-refractivity contribution in [1.29, 1.82) is 0 Å². The second-order valence-electron chi connectivity index (χ2n) is 3.50. The summed E-state index contributed by atoms with van der Waals surface area (Å²) >= 11 is 3.45. The maximum atomic E-state index is 9.93. The predicted octanol–water partition coefficient (Wildman–Crippen LogP) is 4.34. The van der Waals surface area contributed by atoms with Crippen LogP contribution in [0.15, 0.2) is 50.9 Å². The lowest BCUT2D eigenvalue weighted by Crippen LogP contribution is -1.96. The molecule has 0 aliphatic carbocycles. The van der Waals surface area contributed by atoms with E-state index in [2.05, 4.69) is 17.5 Å². The van der Waals surface area contributed by atoms with Crippen LogP contribution < -0.4 is 0 Å². The summed E-state index contributed by atoms with van der Waals surface area (Å²) in [5, 5.41) is 12.0. The molecule has 1 N–H and O–H groups in total. The van der Waals surface area contributed by atoms with Gasteiger partial charge in [-0.15, -0.1) is 11.3 Å². The molecule has 0 bridgehead atoms. The molecule has 1 unspecified atom stereocenters. The van der Waals surface area contributed by atoms with Gasteiger partial charge in [-0.3, -0.25) is 0 Å². The Labute approximate surface area is 104 Å². The van der Waals surface area contributed by atoms with Crippen molar-refractivity contribution in [2.24, 2.45) is 0 Å². The van der Waals surface area contributed by atoms with Gasteiger partial charge in [-0.05, 0) is 29.5 Å². The van der Waals surface area contributed by atoms with Crippen LogP contribution in [-0.2, 0) is 0 Å². The summed E-state index contributed by atoms with van der Waals surface area (Å²) in [5.74, 6) is 0. The maximum Gasteiger partial charge on any atom is 0.0798 e. The second kappa shape index (κ2) is 5.53. The first kappa shape index (κ1) is 11.7. The molecule has 84 valence electrons. The van der Waals surface area contributed by atoms with Crippen molar-refractivity contribution in [3.63, 3.8) is 0 Å². The van der Waals surface area contributed by atoms with Crippen molar-refractivity contribution in [1.82, 2.24) is 0 Å². The maximum absolute atomic E-state index is 9.93. The fourth-order valence-electron chi connectivity index (χ4n) is 1.50. The normalized spacial score (nSPS) is 12.6. The van der Waals surface area contributed by atoms with E-state index >= 15 is 0 Å². The molecule has 1 aromatic heterocycles. The van der Waals surface area contributed by atoms with Gasteiger partial charge in [-0.2, -0.15) is 0 Å². The fourth-order valence-corrected chi connectivity index (χ4v) is 3.41. The zero-order valence-electron chi connectivity index (χ0n) is 9.09. The molecule has 0 aliphatic heterocycles. The molecule has 1 nitrogen and oxygen atoms in total. The summed E-state index contributed by atoms with van der Waals surface area (Å²) in [6.07, 6.45) is 0.394. The first-order chi connectivity index (χ1) is 7.81. The van der Waals surface area contributed by atoms with Gasteiger partial charge in [-0.1, -0.05) is 43.0 Å². The number of benzene rings is 1. The summed E-state index contributed by atoms with van der Waals surface area (Å²) in [7, 11) is 0. The summed E-state index contributed by atoms with van der Waals surface area (Å²) in [6.45, 7) is 2.00. The lowest BCUT2D eigenvalue weighted by Gasteiger charge is -2.12. The van der Waals surface area contributed by atoms with Gasteiger partial charge >= 0.3 is 0 Å². The monoisotopic (exact) mass is 250 g/mol. The van der Waals surface area contributed by atoms with Crippen molar-refractivity contribution in [3.8, 4) is 0 Å². The Morgan fingerprint density at radius 3 is 2.75 bits per heavy atom. The van der Waals surface area contributed by atoms with Gasteiger partial charge in [0.05, 0.1) is 10.3 Å². The average Bonchev–Trinajstić information content (AvgIpc) is 2.82. The molecule has 0 saturated carbocycles. The highest BCUT2D eigenvalue weighted by atomic mass is 32.2. The third-order valence-corrected chi connectivity index (χ3v) is 4.50. The first-order valence-corrected chi connectivity index (χ1v) is 6.99. The van der Waals surface area contributed by atoms with Crippen LogP contribution in [0.2, 0.25) is 0 Å². The van der Waals surface area contributed by atoms with Crippen molar-refractivity contribution in [2.75, 3.05) is 0 Å². The van der Waals surface area contributed by atoms with Gasteiger partial charge < -0.3 is 5.11 Å². The highest BCUT2D eigenvalue weighted by Crippen LogP contribution is 2.36. The molecule has 0 fully saturated rings. The van der Waals surface area contributed by atoms with Gasteiger partial charge in [0.25, 0.3) is 0 Å². The molecule has 0 saturated heterocycles. The van der Waals surface area contributed by atoms with E-state index in [4.69, 9.17) is 0 Å². The van der Waals surface area contributed by atoms with Gasteiger partial charge in [-0.25, -0.2) is 0 Å². The molecule has 1 heterocycles. The number of rotatable bonds is 4. The minimum Gasteiger partial charge on any atom is -0.388 e. The third-order valence-electron chi connectivity index (χ3n) is 2.37. The van der Waals surface area contributed by atoms with Crippen LogP contribution in [0.25, 0.3) is 0 Å². The molecular weight excluding hydrogens is 236 g/mol. The predicted molar refractivity (Wildman–Crippen MR) is 70.1 cm³/mol. The molecule has 0 amide bonds. The first-order valence-electron chi connectivity index (χ1n) is 5.29. The number of aliphatic hydroxyl groups is 1. The number of thiophene rings is 1. The highest BCUT2D eigenvalue weighted by Gasteiger charge is 2.10. The van der Waals surface area contributed by atoms with Crippen molar-refractivity contribution >= 4 is 23.1 Å². The zero-order chi connectivity index (χ0) is 11.4. The van der Waals surface area contributed by atoms with Gasteiger partial charge in [0.2, 0.25) is 0 Å². The van der Waals surface area contributed by atoms with E-state index in [1.165, 1.54) is 4.21 Å². The van der Waals surface area contributed by atoms with Gasteiger partial charge in [0, 0.05) is 4.90 Å². The molecule has 1 atom stereocenters. The highest BCUT2D eigenvalue weighted by molar-refractivity contribution is 8.01. The molecule has 0 aliphatic rings. The van der Waals surface area contributed by atoms with E-state index in [1.807, 2.05) is 31.2 Å². The van der Waals surface area contributed by atoms with Gasteiger partial charge in [0.1, 0.15) is 0 Å². The van der Waals surface area contributed by atoms with Gasteiger partial charge in [0.15, 0.2) is 0 Å².